The summed E-state index contributed by atoms with van der Waals surface area (Å²) in [7, 11) is 0. The number of aromatic nitrogens is 2. The average Bonchev–Trinajstić information content (AvgIpc) is 2.36. The molecule has 0 unspecified atom stereocenters. The molecule has 0 fully saturated rings. The van der Waals surface area contributed by atoms with Gasteiger partial charge in [-0.2, -0.15) is 0 Å². The molecule has 0 bridgehead atoms. The average molecular weight is 496 g/mol. The van der Waals surface area contributed by atoms with Crippen molar-refractivity contribution in [2.45, 2.75) is 0 Å². The van der Waals surface area contributed by atoms with Crippen molar-refractivity contribution in [2.24, 2.45) is 0 Å². The fourth-order valence-corrected chi connectivity index (χ4v) is 3.48. The van der Waals surface area contributed by atoms with E-state index in [0.717, 1.165) is 39.8 Å². The first-order chi connectivity index (χ1) is 8.58. The summed E-state index contributed by atoms with van der Waals surface area (Å²) in [5.41, 5.74) is 1.82. The highest BCUT2D eigenvalue weighted by Gasteiger charge is 2.13. The highest BCUT2D eigenvalue weighted by atomic mass is 79.9. The molecule has 0 aliphatic rings. The van der Waals surface area contributed by atoms with Crippen LogP contribution >= 0.6 is 63.7 Å². The summed E-state index contributed by atoms with van der Waals surface area (Å²) in [6, 6.07) is 5.98. The van der Waals surface area contributed by atoms with Gasteiger partial charge in [0.1, 0.15) is 4.60 Å². The first-order valence-corrected chi connectivity index (χ1v) is 8.13. The lowest BCUT2D eigenvalue weighted by atomic mass is 10.1. The Bertz CT molecular complexity index is 719. The molecule has 0 saturated heterocycles. The fraction of sp³-hybridized carbons (Fsp3) is 0. The van der Waals surface area contributed by atoms with E-state index in [0.29, 0.717) is 0 Å². The Morgan fingerprint density at radius 1 is 0.833 bits per heavy atom. The van der Waals surface area contributed by atoms with Crippen molar-refractivity contribution in [1.82, 2.24) is 9.97 Å². The molecule has 0 amide bonds. The summed E-state index contributed by atoms with van der Waals surface area (Å²) in [5, 5.41) is 2.07. The minimum absolute atomic E-state index is 0.805. The van der Waals surface area contributed by atoms with Crippen molar-refractivity contribution >= 4 is 85.5 Å². The number of halogens is 4. The van der Waals surface area contributed by atoms with Gasteiger partial charge in [-0.15, -0.1) is 0 Å². The molecule has 0 aliphatic heterocycles. The molecule has 3 rings (SSSR count). The van der Waals surface area contributed by atoms with Crippen LogP contribution < -0.4 is 0 Å². The van der Waals surface area contributed by atoms with Crippen LogP contribution in [0.1, 0.15) is 0 Å². The topological polar surface area (TPSA) is 25.8 Å². The quantitative estimate of drug-likeness (QED) is 0.290. The lowest BCUT2D eigenvalue weighted by Gasteiger charge is -2.08. The Kier molecular flexibility index (Phi) is 3.47. The van der Waals surface area contributed by atoms with Crippen LogP contribution in [-0.2, 0) is 0 Å². The second kappa shape index (κ2) is 4.81. The molecule has 1 aromatic carbocycles. The predicted octanol–water partition coefficient (Wildman–Crippen LogP) is 5.83. The number of nitrogens with zero attached hydrogens (tertiary/aromatic N) is 2. The smallest absolute Gasteiger partial charge is 0.106 e. The summed E-state index contributed by atoms with van der Waals surface area (Å²) in [5.74, 6) is 0. The van der Waals surface area contributed by atoms with E-state index < -0.39 is 0 Å². The third-order valence-electron chi connectivity index (χ3n) is 2.61. The van der Waals surface area contributed by atoms with E-state index in [1.54, 1.807) is 6.20 Å². The lowest BCUT2D eigenvalue weighted by Crippen LogP contribution is -1.89. The standard InChI is InChI=1S/C12H4Br4N2/c13-5-3-7-9(15)10(16)12-6(11(7)17-4-5)1-2-8(14)18-12/h1-4H. The van der Waals surface area contributed by atoms with Crippen molar-refractivity contribution in [3.63, 3.8) is 0 Å². The summed E-state index contributed by atoms with van der Waals surface area (Å²) in [6.45, 7) is 0. The molecular weight excluding hydrogens is 492 g/mol. The number of benzene rings is 1. The molecular formula is C12H4Br4N2. The van der Waals surface area contributed by atoms with Gasteiger partial charge in [0.05, 0.1) is 15.5 Å². The van der Waals surface area contributed by atoms with Gasteiger partial charge >= 0.3 is 0 Å². The number of pyridine rings is 2. The van der Waals surface area contributed by atoms with Crippen molar-refractivity contribution in [1.29, 1.82) is 0 Å². The molecule has 0 N–H and O–H groups in total. The Balaban J connectivity index is 2.62. The largest absolute Gasteiger partial charge is 0.254 e. The molecule has 0 atom stereocenters. The van der Waals surface area contributed by atoms with Crippen molar-refractivity contribution in [3.8, 4) is 0 Å². The van der Waals surface area contributed by atoms with Crippen LogP contribution in [0.15, 0.2) is 42.4 Å². The normalized spacial score (nSPS) is 11.3. The SMILES string of the molecule is Brc1cnc2c(c1)c(Br)c(Br)c1nc(Br)ccc12. The van der Waals surface area contributed by atoms with Crippen molar-refractivity contribution in [3.05, 3.63) is 42.4 Å². The molecule has 2 heterocycles. The van der Waals surface area contributed by atoms with Crippen molar-refractivity contribution < 1.29 is 0 Å². The second-order valence-corrected chi connectivity index (χ2v) is 7.02. The van der Waals surface area contributed by atoms with Gasteiger partial charge in [0.15, 0.2) is 0 Å². The zero-order valence-electron chi connectivity index (χ0n) is 8.72. The van der Waals surface area contributed by atoms with Crippen LogP contribution in [-0.4, -0.2) is 9.97 Å². The molecule has 0 spiro atoms. The minimum Gasteiger partial charge on any atom is -0.254 e. The Hall–Kier alpha value is -0.0400. The van der Waals surface area contributed by atoms with Gasteiger partial charge in [-0.1, -0.05) is 0 Å². The van der Waals surface area contributed by atoms with Crippen LogP contribution in [0.2, 0.25) is 0 Å². The molecule has 90 valence electrons. The van der Waals surface area contributed by atoms with Crippen LogP contribution in [0.25, 0.3) is 21.8 Å². The second-order valence-electron chi connectivity index (χ2n) is 3.71. The van der Waals surface area contributed by atoms with E-state index in [9.17, 15) is 0 Å². The maximum Gasteiger partial charge on any atom is 0.106 e. The lowest BCUT2D eigenvalue weighted by molar-refractivity contribution is 1.33. The third-order valence-corrected chi connectivity index (χ3v) is 5.61. The van der Waals surface area contributed by atoms with Gasteiger partial charge in [0.25, 0.3) is 0 Å². The first kappa shape index (κ1) is 13.0. The molecule has 0 saturated carbocycles. The Morgan fingerprint density at radius 2 is 1.61 bits per heavy atom. The van der Waals surface area contributed by atoms with E-state index in [4.69, 9.17) is 0 Å². The highest BCUT2D eigenvalue weighted by Crippen LogP contribution is 2.39. The molecule has 18 heavy (non-hydrogen) atoms. The first-order valence-electron chi connectivity index (χ1n) is 4.96. The summed E-state index contributed by atoms with van der Waals surface area (Å²) < 4.78 is 3.65. The summed E-state index contributed by atoms with van der Waals surface area (Å²) in [6.07, 6.45) is 1.80. The van der Waals surface area contributed by atoms with Crippen molar-refractivity contribution in [2.75, 3.05) is 0 Å². The van der Waals surface area contributed by atoms with E-state index in [2.05, 4.69) is 73.7 Å². The Labute approximate surface area is 137 Å². The summed E-state index contributed by atoms with van der Waals surface area (Å²) in [4.78, 5) is 8.98. The van der Waals surface area contributed by atoms with Gasteiger partial charge in [0, 0.05) is 25.9 Å². The Morgan fingerprint density at radius 3 is 2.39 bits per heavy atom. The van der Waals surface area contributed by atoms with E-state index in [1.807, 2.05) is 18.2 Å². The van der Waals surface area contributed by atoms with E-state index in [-0.39, 0.29) is 0 Å². The third kappa shape index (κ3) is 2.03. The highest BCUT2D eigenvalue weighted by molar-refractivity contribution is 9.13. The molecule has 2 nitrogen and oxygen atoms in total. The van der Waals surface area contributed by atoms with Gasteiger partial charge < -0.3 is 0 Å². The molecule has 0 aliphatic carbocycles. The van der Waals surface area contributed by atoms with Crippen LogP contribution in [0.3, 0.4) is 0 Å². The number of hydrogen-bond donors (Lipinski definition) is 0. The van der Waals surface area contributed by atoms with Gasteiger partial charge in [-0.05, 0) is 81.9 Å². The van der Waals surface area contributed by atoms with Crippen LogP contribution in [0.5, 0.6) is 0 Å². The van der Waals surface area contributed by atoms with Gasteiger partial charge in [-0.25, -0.2) is 4.98 Å². The molecule has 6 heteroatoms. The van der Waals surface area contributed by atoms with Crippen LogP contribution in [0.4, 0.5) is 0 Å². The number of rotatable bonds is 0. The maximum atomic E-state index is 4.50. The molecule has 0 radical (unpaired) electrons. The maximum absolute atomic E-state index is 4.50. The monoisotopic (exact) mass is 492 g/mol. The molecule has 2 aromatic heterocycles. The molecule has 3 aromatic rings. The zero-order valence-corrected chi connectivity index (χ0v) is 15.1. The van der Waals surface area contributed by atoms with E-state index in [1.165, 1.54) is 0 Å². The van der Waals surface area contributed by atoms with Gasteiger partial charge in [0.2, 0.25) is 0 Å². The fourth-order valence-electron chi connectivity index (χ4n) is 1.84. The minimum atomic E-state index is 0.805. The summed E-state index contributed by atoms with van der Waals surface area (Å²) >= 11 is 14.0. The number of fused-ring (bicyclic) bond motifs is 3. The predicted molar refractivity (Wildman–Crippen MR) is 87.8 cm³/mol. The van der Waals surface area contributed by atoms with Crippen LogP contribution in [0, 0.1) is 0 Å². The zero-order chi connectivity index (χ0) is 12.9. The van der Waals surface area contributed by atoms with E-state index >= 15 is 0 Å². The number of hydrogen-bond acceptors (Lipinski definition) is 2. The van der Waals surface area contributed by atoms with Gasteiger partial charge in [-0.3, -0.25) is 4.98 Å².